The lowest BCUT2D eigenvalue weighted by molar-refractivity contribution is -0.0571. The third kappa shape index (κ3) is 1.29. The summed E-state index contributed by atoms with van der Waals surface area (Å²) in [5.74, 6) is 0.773. The highest BCUT2D eigenvalue weighted by atomic mass is 16.5. The SMILES string of the molecule is CC1(C)Oc2ccccc2[C@H](N)[C@H]1O. The Labute approximate surface area is 83.5 Å². The lowest BCUT2D eigenvalue weighted by Gasteiger charge is -2.40. The Bertz CT molecular complexity index is 349. The van der Waals surface area contributed by atoms with Crippen LogP contribution in [0.4, 0.5) is 0 Å². The van der Waals surface area contributed by atoms with Gasteiger partial charge in [0.2, 0.25) is 0 Å². The minimum absolute atomic E-state index is 0.366. The standard InChI is InChI=1S/C11H15NO2/c1-11(2)10(13)9(12)7-5-3-4-6-8(7)14-11/h3-6,9-10,13H,12H2,1-2H3/t9-,10+/m0/s1. The van der Waals surface area contributed by atoms with Crippen molar-refractivity contribution in [2.24, 2.45) is 5.73 Å². The third-order valence-electron chi connectivity index (χ3n) is 2.70. The molecule has 0 bridgehead atoms. The van der Waals surface area contributed by atoms with E-state index in [1.807, 2.05) is 38.1 Å². The molecule has 76 valence electrons. The molecular weight excluding hydrogens is 178 g/mol. The van der Waals surface area contributed by atoms with E-state index in [0.717, 1.165) is 11.3 Å². The molecule has 0 radical (unpaired) electrons. The van der Waals surface area contributed by atoms with Crippen LogP contribution in [0.5, 0.6) is 5.75 Å². The van der Waals surface area contributed by atoms with Gasteiger partial charge in [-0.3, -0.25) is 0 Å². The summed E-state index contributed by atoms with van der Waals surface area (Å²) in [6, 6.07) is 7.20. The van der Waals surface area contributed by atoms with Gasteiger partial charge in [-0.05, 0) is 19.9 Å². The fourth-order valence-corrected chi connectivity index (χ4v) is 1.80. The highest BCUT2D eigenvalue weighted by Crippen LogP contribution is 2.37. The lowest BCUT2D eigenvalue weighted by atomic mass is 9.87. The highest BCUT2D eigenvalue weighted by molar-refractivity contribution is 5.39. The van der Waals surface area contributed by atoms with Gasteiger partial charge in [-0.1, -0.05) is 18.2 Å². The second kappa shape index (κ2) is 2.97. The van der Waals surface area contributed by atoms with E-state index in [1.54, 1.807) is 0 Å². The first-order chi connectivity index (χ1) is 6.52. The Morgan fingerprint density at radius 2 is 2.00 bits per heavy atom. The molecule has 1 aliphatic heterocycles. The van der Waals surface area contributed by atoms with Gasteiger partial charge in [0.25, 0.3) is 0 Å². The van der Waals surface area contributed by atoms with Crippen molar-refractivity contribution in [3.05, 3.63) is 29.8 Å². The predicted molar refractivity (Wildman–Crippen MR) is 54.1 cm³/mol. The second-order valence-electron chi connectivity index (χ2n) is 4.21. The van der Waals surface area contributed by atoms with Crippen molar-refractivity contribution in [1.82, 2.24) is 0 Å². The smallest absolute Gasteiger partial charge is 0.131 e. The molecule has 3 nitrogen and oxygen atoms in total. The van der Waals surface area contributed by atoms with Crippen LogP contribution in [0.1, 0.15) is 25.5 Å². The molecule has 0 fully saturated rings. The predicted octanol–water partition coefficient (Wildman–Crippen LogP) is 1.22. The maximum atomic E-state index is 9.90. The first kappa shape index (κ1) is 9.49. The summed E-state index contributed by atoms with van der Waals surface area (Å²) in [4.78, 5) is 0. The molecule has 3 N–H and O–H groups in total. The molecular formula is C11H15NO2. The molecule has 1 heterocycles. The zero-order chi connectivity index (χ0) is 10.3. The molecule has 3 heteroatoms. The van der Waals surface area contributed by atoms with Gasteiger partial charge < -0.3 is 15.6 Å². The average Bonchev–Trinajstić information content (AvgIpc) is 2.14. The summed E-state index contributed by atoms with van der Waals surface area (Å²) in [6.45, 7) is 3.68. The van der Waals surface area contributed by atoms with Crippen LogP contribution in [-0.2, 0) is 0 Å². The minimum Gasteiger partial charge on any atom is -0.485 e. The number of hydrogen-bond donors (Lipinski definition) is 2. The normalized spacial score (nSPS) is 29.1. The molecule has 2 atom stereocenters. The summed E-state index contributed by atoms with van der Waals surface area (Å²) in [7, 11) is 0. The fraction of sp³-hybridized carbons (Fsp3) is 0.455. The second-order valence-corrected chi connectivity index (χ2v) is 4.21. The first-order valence-corrected chi connectivity index (χ1v) is 4.74. The van der Waals surface area contributed by atoms with Gasteiger partial charge in [-0.25, -0.2) is 0 Å². The molecule has 1 aromatic rings. The number of para-hydroxylation sites is 1. The summed E-state index contributed by atoms with van der Waals surface area (Å²) in [6.07, 6.45) is -0.669. The van der Waals surface area contributed by atoms with E-state index in [-0.39, 0.29) is 6.04 Å². The van der Waals surface area contributed by atoms with Crippen LogP contribution in [0.2, 0.25) is 0 Å². The van der Waals surface area contributed by atoms with E-state index < -0.39 is 11.7 Å². The number of ether oxygens (including phenoxy) is 1. The van der Waals surface area contributed by atoms with Crippen LogP contribution in [0, 0.1) is 0 Å². The number of aliphatic hydroxyl groups excluding tert-OH is 1. The highest BCUT2D eigenvalue weighted by Gasteiger charge is 2.40. The molecule has 14 heavy (non-hydrogen) atoms. The topological polar surface area (TPSA) is 55.5 Å². The summed E-state index contributed by atoms with van der Waals surface area (Å²) < 4.78 is 5.67. The van der Waals surface area contributed by atoms with Gasteiger partial charge >= 0.3 is 0 Å². The minimum atomic E-state index is -0.669. The Balaban J connectivity index is 2.48. The summed E-state index contributed by atoms with van der Waals surface area (Å²) >= 11 is 0. The van der Waals surface area contributed by atoms with Gasteiger partial charge in [0.05, 0.1) is 6.04 Å². The quantitative estimate of drug-likeness (QED) is 0.651. The maximum absolute atomic E-state index is 9.90. The zero-order valence-corrected chi connectivity index (χ0v) is 8.40. The number of fused-ring (bicyclic) bond motifs is 1. The van der Waals surface area contributed by atoms with Crippen molar-refractivity contribution in [3.8, 4) is 5.75 Å². The molecule has 0 aromatic heterocycles. The molecule has 0 unspecified atom stereocenters. The van der Waals surface area contributed by atoms with Gasteiger partial charge in [-0.2, -0.15) is 0 Å². The Morgan fingerprint density at radius 1 is 1.36 bits per heavy atom. The van der Waals surface area contributed by atoms with Gasteiger partial charge in [0, 0.05) is 5.56 Å². The first-order valence-electron chi connectivity index (χ1n) is 4.74. The Morgan fingerprint density at radius 3 is 2.71 bits per heavy atom. The number of aliphatic hydroxyl groups is 1. The van der Waals surface area contributed by atoms with Crippen LogP contribution in [0.15, 0.2) is 24.3 Å². The molecule has 0 spiro atoms. The van der Waals surface area contributed by atoms with Crippen molar-refractivity contribution < 1.29 is 9.84 Å². The fourth-order valence-electron chi connectivity index (χ4n) is 1.80. The van der Waals surface area contributed by atoms with E-state index >= 15 is 0 Å². The van der Waals surface area contributed by atoms with Crippen molar-refractivity contribution in [1.29, 1.82) is 0 Å². The molecule has 0 saturated heterocycles. The molecule has 0 aliphatic carbocycles. The number of nitrogens with two attached hydrogens (primary N) is 1. The zero-order valence-electron chi connectivity index (χ0n) is 8.40. The number of hydrogen-bond acceptors (Lipinski definition) is 3. The van der Waals surface area contributed by atoms with Crippen molar-refractivity contribution >= 4 is 0 Å². The van der Waals surface area contributed by atoms with E-state index in [2.05, 4.69) is 0 Å². The Hall–Kier alpha value is -1.06. The van der Waals surface area contributed by atoms with E-state index in [1.165, 1.54) is 0 Å². The number of rotatable bonds is 0. The largest absolute Gasteiger partial charge is 0.485 e. The van der Waals surface area contributed by atoms with E-state index in [0.29, 0.717) is 0 Å². The molecule has 1 aromatic carbocycles. The van der Waals surface area contributed by atoms with Crippen LogP contribution in [-0.4, -0.2) is 16.8 Å². The van der Waals surface area contributed by atoms with Crippen LogP contribution >= 0.6 is 0 Å². The van der Waals surface area contributed by atoms with Crippen LogP contribution < -0.4 is 10.5 Å². The van der Waals surface area contributed by atoms with Crippen LogP contribution in [0.25, 0.3) is 0 Å². The van der Waals surface area contributed by atoms with Crippen molar-refractivity contribution in [3.63, 3.8) is 0 Å². The molecule has 1 aliphatic rings. The van der Waals surface area contributed by atoms with Gasteiger partial charge in [-0.15, -0.1) is 0 Å². The van der Waals surface area contributed by atoms with Crippen molar-refractivity contribution in [2.45, 2.75) is 31.6 Å². The third-order valence-corrected chi connectivity index (χ3v) is 2.70. The van der Waals surface area contributed by atoms with E-state index in [4.69, 9.17) is 10.5 Å². The van der Waals surface area contributed by atoms with Crippen LogP contribution in [0.3, 0.4) is 0 Å². The average molecular weight is 193 g/mol. The van der Waals surface area contributed by atoms with E-state index in [9.17, 15) is 5.11 Å². The maximum Gasteiger partial charge on any atom is 0.131 e. The van der Waals surface area contributed by atoms with Gasteiger partial charge in [0.1, 0.15) is 17.5 Å². The summed E-state index contributed by atoms with van der Waals surface area (Å²) in [5, 5.41) is 9.90. The Kier molecular flexibility index (Phi) is 2.01. The van der Waals surface area contributed by atoms with Crippen molar-refractivity contribution in [2.75, 3.05) is 0 Å². The molecule has 2 rings (SSSR count). The molecule has 0 saturated carbocycles. The van der Waals surface area contributed by atoms with Gasteiger partial charge in [0.15, 0.2) is 0 Å². The monoisotopic (exact) mass is 193 g/mol. The lowest BCUT2D eigenvalue weighted by Crippen LogP contribution is -2.51. The number of benzene rings is 1. The molecule has 0 amide bonds. The summed E-state index contributed by atoms with van der Waals surface area (Å²) in [5.41, 5.74) is 6.19.